The van der Waals surface area contributed by atoms with Gasteiger partial charge in [-0.15, -0.1) is 0 Å². The minimum atomic E-state index is -0.0166. The van der Waals surface area contributed by atoms with Crippen molar-refractivity contribution in [3.8, 4) is 22.8 Å². The molecule has 0 aliphatic carbocycles. The quantitative estimate of drug-likeness (QED) is 0.860. The molecule has 0 N–H and O–H groups in total. The third-order valence-electron chi connectivity index (χ3n) is 3.22. The molecule has 6 nitrogen and oxygen atoms in total. The molecule has 1 aliphatic rings. The number of hydrogen-bond donors (Lipinski definition) is 0. The average molecular weight is 288 g/mol. The van der Waals surface area contributed by atoms with E-state index in [1.165, 1.54) is 4.90 Å². The van der Waals surface area contributed by atoms with Gasteiger partial charge in [0.15, 0.2) is 17.3 Å². The average Bonchev–Trinajstić information content (AvgIpc) is 2.95. The van der Waals surface area contributed by atoms with Gasteiger partial charge in [0.05, 0.1) is 12.1 Å². The van der Waals surface area contributed by atoms with Crippen LogP contribution >= 0.6 is 0 Å². The topological polar surface area (TPSA) is 64.8 Å². The molecule has 3 rings (SSSR count). The van der Waals surface area contributed by atoms with Crippen LogP contribution in [0, 0.1) is 0 Å². The first-order valence-corrected chi connectivity index (χ1v) is 6.69. The van der Waals surface area contributed by atoms with Crippen molar-refractivity contribution < 1.29 is 18.8 Å². The highest BCUT2D eigenvalue weighted by Crippen LogP contribution is 2.34. The van der Waals surface area contributed by atoms with E-state index in [4.69, 9.17) is 14.0 Å². The lowest BCUT2D eigenvalue weighted by atomic mass is 10.1. The van der Waals surface area contributed by atoms with Crippen molar-refractivity contribution in [3.05, 3.63) is 30.0 Å². The Balaban J connectivity index is 1.81. The van der Waals surface area contributed by atoms with Crippen LogP contribution in [0.4, 0.5) is 0 Å². The lowest BCUT2D eigenvalue weighted by Gasteiger charge is -2.18. The van der Waals surface area contributed by atoms with Gasteiger partial charge < -0.3 is 18.9 Å². The Kier molecular flexibility index (Phi) is 3.51. The summed E-state index contributed by atoms with van der Waals surface area (Å²) in [5.74, 6) is 2.01. The summed E-state index contributed by atoms with van der Waals surface area (Å²) in [6.45, 7) is 1.10. The summed E-state index contributed by atoms with van der Waals surface area (Å²) in [6.07, 6.45) is 0.223. The molecule has 1 amide bonds. The van der Waals surface area contributed by atoms with Gasteiger partial charge in [0, 0.05) is 25.7 Å². The van der Waals surface area contributed by atoms with Gasteiger partial charge in [-0.25, -0.2) is 0 Å². The molecule has 0 atom stereocenters. The van der Waals surface area contributed by atoms with Crippen molar-refractivity contribution in [1.29, 1.82) is 0 Å². The molecule has 21 heavy (non-hydrogen) atoms. The van der Waals surface area contributed by atoms with Crippen LogP contribution in [-0.4, -0.2) is 43.3 Å². The van der Waals surface area contributed by atoms with Gasteiger partial charge in [0.2, 0.25) is 5.91 Å². The zero-order valence-corrected chi connectivity index (χ0v) is 12.0. The Morgan fingerprint density at radius 3 is 2.71 bits per heavy atom. The van der Waals surface area contributed by atoms with Gasteiger partial charge >= 0.3 is 0 Å². The van der Waals surface area contributed by atoms with Crippen LogP contribution in [0.25, 0.3) is 11.3 Å². The summed E-state index contributed by atoms with van der Waals surface area (Å²) in [5, 5.41) is 3.93. The summed E-state index contributed by atoms with van der Waals surface area (Å²) in [5.41, 5.74) is 1.45. The second-order valence-corrected chi connectivity index (χ2v) is 5.01. The third-order valence-corrected chi connectivity index (χ3v) is 3.22. The summed E-state index contributed by atoms with van der Waals surface area (Å²) in [7, 11) is 3.42. The molecular weight excluding hydrogens is 272 g/mol. The molecule has 0 unspecified atom stereocenters. The van der Waals surface area contributed by atoms with Crippen molar-refractivity contribution in [2.24, 2.45) is 0 Å². The summed E-state index contributed by atoms with van der Waals surface area (Å²) >= 11 is 0. The molecule has 0 saturated heterocycles. The Morgan fingerprint density at radius 2 is 1.95 bits per heavy atom. The summed E-state index contributed by atoms with van der Waals surface area (Å²) < 4.78 is 16.3. The molecule has 0 fully saturated rings. The predicted octanol–water partition coefficient (Wildman–Crippen LogP) is 1.74. The maximum atomic E-state index is 11.7. The standard InChI is InChI=1S/C15H16N2O4/c1-17(2)15(18)9-11-8-13(21-16-11)10-3-4-12-14(7-10)20-6-5-19-12/h3-4,7-8H,5-6,9H2,1-2H3. The van der Waals surface area contributed by atoms with E-state index in [9.17, 15) is 4.79 Å². The molecule has 1 aromatic heterocycles. The number of carbonyl (C=O) groups excluding carboxylic acids is 1. The highest BCUT2D eigenvalue weighted by atomic mass is 16.6. The van der Waals surface area contributed by atoms with E-state index in [2.05, 4.69) is 5.16 Å². The Hall–Kier alpha value is -2.50. The number of ether oxygens (including phenoxy) is 2. The molecule has 6 heteroatoms. The number of fused-ring (bicyclic) bond motifs is 1. The molecule has 110 valence electrons. The molecule has 2 aromatic rings. The van der Waals surface area contributed by atoms with Gasteiger partial charge in [-0.1, -0.05) is 5.16 Å². The molecular formula is C15H16N2O4. The second-order valence-electron chi connectivity index (χ2n) is 5.01. The maximum absolute atomic E-state index is 11.7. The molecule has 0 spiro atoms. The van der Waals surface area contributed by atoms with Crippen LogP contribution in [0.5, 0.6) is 11.5 Å². The fourth-order valence-corrected chi connectivity index (χ4v) is 2.04. The monoisotopic (exact) mass is 288 g/mol. The van der Waals surface area contributed by atoms with Gasteiger partial charge in [0.1, 0.15) is 13.2 Å². The summed E-state index contributed by atoms with van der Waals surface area (Å²) in [6, 6.07) is 7.35. The van der Waals surface area contributed by atoms with Gasteiger partial charge in [0.25, 0.3) is 0 Å². The fourth-order valence-electron chi connectivity index (χ4n) is 2.04. The molecule has 0 saturated carbocycles. The SMILES string of the molecule is CN(C)C(=O)Cc1cc(-c2ccc3c(c2)OCCO3)on1. The van der Waals surface area contributed by atoms with Gasteiger partial charge in [-0.2, -0.15) is 0 Å². The molecule has 2 heterocycles. The first kappa shape index (κ1) is 13.5. The Morgan fingerprint density at radius 1 is 1.19 bits per heavy atom. The van der Waals surface area contributed by atoms with E-state index >= 15 is 0 Å². The largest absolute Gasteiger partial charge is 0.486 e. The van der Waals surface area contributed by atoms with E-state index in [0.717, 1.165) is 11.3 Å². The van der Waals surface area contributed by atoms with Crippen molar-refractivity contribution in [3.63, 3.8) is 0 Å². The number of likely N-dealkylation sites (N-methyl/N-ethyl adjacent to an activating group) is 1. The van der Waals surface area contributed by atoms with Crippen molar-refractivity contribution >= 4 is 5.91 Å². The predicted molar refractivity (Wildman–Crippen MR) is 75.3 cm³/mol. The maximum Gasteiger partial charge on any atom is 0.228 e. The van der Waals surface area contributed by atoms with Crippen LogP contribution in [0.2, 0.25) is 0 Å². The number of hydrogen-bond acceptors (Lipinski definition) is 5. The first-order chi connectivity index (χ1) is 10.1. The zero-order chi connectivity index (χ0) is 14.8. The van der Waals surface area contributed by atoms with Gasteiger partial charge in [-0.05, 0) is 18.2 Å². The minimum Gasteiger partial charge on any atom is -0.486 e. The van der Waals surface area contributed by atoms with Gasteiger partial charge in [-0.3, -0.25) is 4.79 Å². The number of benzene rings is 1. The van der Waals surface area contributed by atoms with Crippen LogP contribution in [0.15, 0.2) is 28.8 Å². The van der Waals surface area contributed by atoms with Crippen LogP contribution < -0.4 is 9.47 Å². The number of amides is 1. The summed E-state index contributed by atoms with van der Waals surface area (Å²) in [4.78, 5) is 13.2. The van der Waals surface area contributed by atoms with Crippen molar-refractivity contribution in [2.45, 2.75) is 6.42 Å². The highest BCUT2D eigenvalue weighted by Gasteiger charge is 2.16. The smallest absolute Gasteiger partial charge is 0.228 e. The number of carbonyl (C=O) groups is 1. The third kappa shape index (κ3) is 2.84. The lowest BCUT2D eigenvalue weighted by molar-refractivity contribution is -0.128. The second kappa shape index (κ2) is 5.47. The van der Waals surface area contributed by atoms with E-state index in [1.54, 1.807) is 20.2 Å². The molecule has 0 radical (unpaired) electrons. The van der Waals surface area contributed by atoms with E-state index in [0.29, 0.717) is 30.4 Å². The minimum absolute atomic E-state index is 0.0166. The highest BCUT2D eigenvalue weighted by molar-refractivity contribution is 5.78. The fraction of sp³-hybridized carbons (Fsp3) is 0.333. The molecule has 1 aromatic carbocycles. The lowest BCUT2D eigenvalue weighted by Crippen LogP contribution is -2.23. The molecule has 1 aliphatic heterocycles. The van der Waals surface area contributed by atoms with Crippen molar-refractivity contribution in [1.82, 2.24) is 10.1 Å². The Bertz CT molecular complexity index is 663. The number of aromatic nitrogens is 1. The van der Waals surface area contributed by atoms with Crippen LogP contribution in [-0.2, 0) is 11.2 Å². The normalized spacial score (nSPS) is 13.0. The van der Waals surface area contributed by atoms with E-state index in [-0.39, 0.29) is 12.3 Å². The number of rotatable bonds is 3. The zero-order valence-electron chi connectivity index (χ0n) is 12.0. The molecule has 0 bridgehead atoms. The van der Waals surface area contributed by atoms with Crippen LogP contribution in [0.3, 0.4) is 0 Å². The Labute approximate surface area is 122 Å². The van der Waals surface area contributed by atoms with E-state index in [1.807, 2.05) is 18.2 Å². The van der Waals surface area contributed by atoms with Crippen LogP contribution in [0.1, 0.15) is 5.69 Å². The first-order valence-electron chi connectivity index (χ1n) is 6.69. The number of nitrogens with zero attached hydrogens (tertiary/aromatic N) is 2. The van der Waals surface area contributed by atoms with Crippen molar-refractivity contribution in [2.75, 3.05) is 27.3 Å². The van der Waals surface area contributed by atoms with E-state index < -0.39 is 0 Å².